The van der Waals surface area contributed by atoms with Gasteiger partial charge in [-0.25, -0.2) is 4.98 Å². The zero-order chi connectivity index (χ0) is 17.8. The lowest BCUT2D eigenvalue weighted by molar-refractivity contribution is 0.0946. The van der Waals surface area contributed by atoms with Gasteiger partial charge in [0.2, 0.25) is 5.88 Å². The van der Waals surface area contributed by atoms with Crippen LogP contribution in [0.2, 0.25) is 0 Å². The topological polar surface area (TPSA) is 85.5 Å². The van der Waals surface area contributed by atoms with Gasteiger partial charge in [-0.2, -0.15) is 0 Å². The van der Waals surface area contributed by atoms with E-state index in [9.17, 15) is 4.79 Å². The van der Waals surface area contributed by atoms with Crippen molar-refractivity contribution in [1.29, 1.82) is 0 Å². The van der Waals surface area contributed by atoms with Crippen LogP contribution in [0.3, 0.4) is 0 Å². The normalized spacial score (nSPS) is 10.5. The van der Waals surface area contributed by atoms with Crippen molar-refractivity contribution >= 4 is 16.8 Å². The van der Waals surface area contributed by atoms with Crippen LogP contribution in [0, 0.1) is 0 Å². The predicted molar refractivity (Wildman–Crippen MR) is 93.4 cm³/mol. The molecular weight excluding hydrogens is 322 g/mol. The number of methoxy groups -OCH3 is 3. The van der Waals surface area contributed by atoms with Crippen molar-refractivity contribution in [1.82, 2.24) is 15.3 Å². The average molecular weight is 341 g/mol. The van der Waals surface area contributed by atoms with Gasteiger partial charge in [0, 0.05) is 29.8 Å². The minimum atomic E-state index is -0.233. The van der Waals surface area contributed by atoms with Crippen molar-refractivity contribution in [3.8, 4) is 17.4 Å². The van der Waals surface area contributed by atoms with Gasteiger partial charge in [-0.1, -0.05) is 6.07 Å². The number of pyridine rings is 1. The summed E-state index contributed by atoms with van der Waals surface area (Å²) in [5.41, 5.74) is 1.98. The minimum absolute atomic E-state index is 0.233. The Balaban J connectivity index is 1.82. The van der Waals surface area contributed by atoms with Gasteiger partial charge in [0.25, 0.3) is 5.91 Å². The maximum Gasteiger partial charge on any atom is 0.268 e. The number of amides is 1. The summed E-state index contributed by atoms with van der Waals surface area (Å²) in [6.45, 7) is 0.311. The fourth-order valence-electron chi connectivity index (χ4n) is 2.60. The van der Waals surface area contributed by atoms with E-state index in [0.29, 0.717) is 29.6 Å². The van der Waals surface area contributed by atoms with Crippen molar-refractivity contribution in [3.63, 3.8) is 0 Å². The standard InChI is InChI=1S/C18H19N3O4/c1-23-13-7-12-8-14(21-16(12)15(9-13)24-2)17(22)20-10-11-5-4-6-19-18(11)25-3/h4-9,21H,10H2,1-3H3,(H,20,22). The van der Waals surface area contributed by atoms with Crippen LogP contribution < -0.4 is 19.5 Å². The number of ether oxygens (including phenoxy) is 3. The summed E-state index contributed by atoms with van der Waals surface area (Å²) in [7, 11) is 4.71. The van der Waals surface area contributed by atoms with E-state index in [0.717, 1.165) is 16.5 Å². The molecule has 7 heteroatoms. The second kappa shape index (κ2) is 7.12. The molecule has 0 atom stereocenters. The fraction of sp³-hybridized carbons (Fsp3) is 0.222. The first-order chi connectivity index (χ1) is 12.2. The highest BCUT2D eigenvalue weighted by atomic mass is 16.5. The van der Waals surface area contributed by atoms with E-state index in [-0.39, 0.29) is 5.91 Å². The van der Waals surface area contributed by atoms with Crippen LogP contribution in [0.25, 0.3) is 10.9 Å². The molecule has 3 aromatic rings. The van der Waals surface area contributed by atoms with Crippen molar-refractivity contribution in [2.45, 2.75) is 6.54 Å². The van der Waals surface area contributed by atoms with Gasteiger partial charge in [0.15, 0.2) is 0 Å². The lowest BCUT2D eigenvalue weighted by Crippen LogP contribution is -2.23. The molecule has 2 heterocycles. The number of carbonyl (C=O) groups excluding carboxylic acids is 1. The highest BCUT2D eigenvalue weighted by Gasteiger charge is 2.14. The highest BCUT2D eigenvalue weighted by molar-refractivity contribution is 5.99. The molecule has 0 aliphatic heterocycles. The van der Waals surface area contributed by atoms with Crippen molar-refractivity contribution in [2.24, 2.45) is 0 Å². The number of H-pyrrole nitrogens is 1. The second-order valence-corrected chi connectivity index (χ2v) is 5.33. The number of nitrogens with one attached hydrogen (secondary N) is 2. The first-order valence-corrected chi connectivity index (χ1v) is 7.67. The summed E-state index contributed by atoms with van der Waals surface area (Å²) in [5.74, 6) is 1.53. The molecule has 1 aromatic carbocycles. The largest absolute Gasteiger partial charge is 0.497 e. The Morgan fingerprint density at radius 1 is 1.16 bits per heavy atom. The van der Waals surface area contributed by atoms with Crippen LogP contribution in [0.5, 0.6) is 17.4 Å². The Morgan fingerprint density at radius 3 is 2.72 bits per heavy atom. The Hall–Kier alpha value is -3.22. The molecule has 0 aliphatic carbocycles. The molecule has 0 radical (unpaired) electrons. The van der Waals surface area contributed by atoms with Crippen molar-refractivity contribution in [2.75, 3.05) is 21.3 Å². The number of carbonyl (C=O) groups is 1. The number of hydrogen-bond donors (Lipinski definition) is 2. The quantitative estimate of drug-likeness (QED) is 0.719. The summed E-state index contributed by atoms with van der Waals surface area (Å²) in [5, 5.41) is 3.69. The van der Waals surface area contributed by atoms with Crippen LogP contribution in [-0.2, 0) is 6.54 Å². The van der Waals surface area contributed by atoms with Crippen LogP contribution in [-0.4, -0.2) is 37.2 Å². The molecule has 0 fully saturated rings. The monoisotopic (exact) mass is 341 g/mol. The molecule has 3 rings (SSSR count). The van der Waals surface area contributed by atoms with E-state index >= 15 is 0 Å². The van der Waals surface area contributed by atoms with E-state index < -0.39 is 0 Å². The lowest BCUT2D eigenvalue weighted by Gasteiger charge is -2.07. The zero-order valence-electron chi connectivity index (χ0n) is 14.3. The molecular formula is C18H19N3O4. The highest BCUT2D eigenvalue weighted by Crippen LogP contribution is 2.31. The Morgan fingerprint density at radius 2 is 2.00 bits per heavy atom. The molecule has 0 bridgehead atoms. The third-order valence-electron chi connectivity index (χ3n) is 3.85. The number of nitrogens with zero attached hydrogens (tertiary/aromatic N) is 1. The summed E-state index contributed by atoms with van der Waals surface area (Å²) in [6, 6.07) is 9.02. The number of fused-ring (bicyclic) bond motifs is 1. The molecule has 2 aromatic heterocycles. The molecule has 0 unspecified atom stereocenters. The smallest absolute Gasteiger partial charge is 0.268 e. The summed E-state index contributed by atoms with van der Waals surface area (Å²) in [4.78, 5) is 19.7. The first kappa shape index (κ1) is 16.6. The molecule has 0 saturated carbocycles. The van der Waals surface area contributed by atoms with E-state index in [2.05, 4.69) is 15.3 Å². The molecule has 1 amide bonds. The molecule has 25 heavy (non-hydrogen) atoms. The van der Waals surface area contributed by atoms with Crippen LogP contribution in [0.1, 0.15) is 16.1 Å². The van der Waals surface area contributed by atoms with Crippen LogP contribution >= 0.6 is 0 Å². The molecule has 7 nitrogen and oxygen atoms in total. The molecule has 0 spiro atoms. The zero-order valence-corrected chi connectivity index (χ0v) is 14.3. The van der Waals surface area contributed by atoms with Crippen LogP contribution in [0.15, 0.2) is 36.5 Å². The van der Waals surface area contributed by atoms with Gasteiger partial charge in [-0.05, 0) is 18.2 Å². The van der Waals surface area contributed by atoms with E-state index in [1.165, 1.54) is 0 Å². The van der Waals surface area contributed by atoms with E-state index in [1.807, 2.05) is 12.1 Å². The average Bonchev–Trinajstić information content (AvgIpc) is 3.09. The van der Waals surface area contributed by atoms with Crippen molar-refractivity contribution in [3.05, 3.63) is 47.8 Å². The number of rotatable bonds is 6. The number of hydrogen-bond acceptors (Lipinski definition) is 5. The number of benzene rings is 1. The first-order valence-electron chi connectivity index (χ1n) is 7.67. The summed E-state index contributed by atoms with van der Waals surface area (Å²) in [6.07, 6.45) is 1.64. The molecule has 130 valence electrons. The third kappa shape index (κ3) is 3.35. The van der Waals surface area contributed by atoms with Crippen molar-refractivity contribution < 1.29 is 19.0 Å². The Bertz CT molecular complexity index is 904. The van der Waals surface area contributed by atoms with Gasteiger partial charge < -0.3 is 24.5 Å². The summed E-state index contributed by atoms with van der Waals surface area (Å²) < 4.78 is 15.8. The minimum Gasteiger partial charge on any atom is -0.497 e. The Kier molecular flexibility index (Phi) is 4.74. The van der Waals surface area contributed by atoms with Crippen LogP contribution in [0.4, 0.5) is 0 Å². The third-order valence-corrected chi connectivity index (χ3v) is 3.85. The predicted octanol–water partition coefficient (Wildman–Crippen LogP) is 2.52. The molecule has 2 N–H and O–H groups in total. The maximum absolute atomic E-state index is 12.5. The van der Waals surface area contributed by atoms with E-state index in [1.54, 1.807) is 45.7 Å². The van der Waals surface area contributed by atoms with Gasteiger partial charge >= 0.3 is 0 Å². The SMILES string of the molecule is COc1cc(OC)c2[nH]c(C(=O)NCc3cccnc3OC)cc2c1. The summed E-state index contributed by atoms with van der Waals surface area (Å²) >= 11 is 0. The lowest BCUT2D eigenvalue weighted by atomic mass is 10.2. The number of aromatic nitrogens is 2. The van der Waals surface area contributed by atoms with Gasteiger partial charge in [-0.3, -0.25) is 4.79 Å². The maximum atomic E-state index is 12.5. The van der Waals surface area contributed by atoms with Gasteiger partial charge in [0.05, 0.1) is 26.8 Å². The second-order valence-electron chi connectivity index (χ2n) is 5.33. The molecule has 0 aliphatic rings. The Labute approximate surface area is 144 Å². The van der Waals surface area contributed by atoms with Gasteiger partial charge in [0.1, 0.15) is 17.2 Å². The number of aromatic amines is 1. The van der Waals surface area contributed by atoms with E-state index in [4.69, 9.17) is 14.2 Å². The fourth-order valence-corrected chi connectivity index (χ4v) is 2.60. The van der Waals surface area contributed by atoms with Gasteiger partial charge in [-0.15, -0.1) is 0 Å². The molecule has 0 saturated heterocycles.